The second-order valence-corrected chi connectivity index (χ2v) is 4.02. The Hall–Kier alpha value is -1.20. The Labute approximate surface area is 95.8 Å². The molecule has 16 heavy (non-hydrogen) atoms. The van der Waals surface area contributed by atoms with E-state index < -0.39 is 18.9 Å². The van der Waals surface area contributed by atoms with Crippen LogP contribution in [0.5, 0.6) is 0 Å². The minimum Gasteiger partial charge on any atom is -0.325 e. The zero-order valence-corrected chi connectivity index (χ0v) is 9.09. The molecule has 0 saturated carbocycles. The smallest absolute Gasteiger partial charge is 0.265 e. The number of pyridine rings is 1. The molecule has 2 aromatic rings. The number of imidazole rings is 1. The maximum atomic E-state index is 13.0. The van der Waals surface area contributed by atoms with Crippen LogP contribution < -0.4 is 5.73 Å². The van der Waals surface area contributed by atoms with E-state index in [0.717, 1.165) is 0 Å². The third kappa shape index (κ3) is 2.31. The summed E-state index contributed by atoms with van der Waals surface area (Å²) in [7, 11) is 0. The van der Waals surface area contributed by atoms with Gasteiger partial charge in [-0.3, -0.25) is 0 Å². The Balaban J connectivity index is 2.33. The number of halogens is 3. The first-order valence-electron chi connectivity index (χ1n) is 4.71. The van der Waals surface area contributed by atoms with Crippen molar-refractivity contribution in [3.8, 4) is 0 Å². The summed E-state index contributed by atoms with van der Waals surface area (Å²) in [5.41, 5.74) is 5.86. The van der Waals surface area contributed by atoms with Gasteiger partial charge in [0.25, 0.3) is 5.92 Å². The van der Waals surface area contributed by atoms with Gasteiger partial charge in [-0.15, -0.1) is 0 Å². The van der Waals surface area contributed by atoms with E-state index in [4.69, 9.17) is 17.3 Å². The molecule has 0 radical (unpaired) electrons. The van der Waals surface area contributed by atoms with Crippen molar-refractivity contribution in [1.82, 2.24) is 9.38 Å². The van der Waals surface area contributed by atoms with Crippen LogP contribution in [-0.4, -0.2) is 21.9 Å². The van der Waals surface area contributed by atoms with Crippen LogP contribution in [0.15, 0.2) is 24.5 Å². The number of nitrogens with two attached hydrogens (primary N) is 1. The molecule has 0 aromatic carbocycles. The fraction of sp³-hybridized carbons (Fsp3) is 0.300. The third-order valence-corrected chi connectivity index (χ3v) is 2.43. The van der Waals surface area contributed by atoms with E-state index in [1.54, 1.807) is 22.7 Å². The topological polar surface area (TPSA) is 43.3 Å². The van der Waals surface area contributed by atoms with E-state index in [2.05, 4.69) is 4.98 Å². The van der Waals surface area contributed by atoms with E-state index in [1.807, 2.05) is 0 Å². The van der Waals surface area contributed by atoms with Crippen LogP contribution in [-0.2, 0) is 6.42 Å². The Morgan fingerprint density at radius 1 is 1.38 bits per heavy atom. The first kappa shape index (κ1) is 11.3. The van der Waals surface area contributed by atoms with Crippen LogP contribution in [0.25, 0.3) is 5.65 Å². The molecule has 0 aliphatic rings. The lowest BCUT2D eigenvalue weighted by molar-refractivity contribution is 0.0107. The first-order valence-corrected chi connectivity index (χ1v) is 5.09. The standard InChI is InChI=1S/C10H10ClF2N3/c11-7-1-2-9-15-8(5-16(9)4-7)3-10(12,13)6-14/h1-2,4-5H,3,6,14H2. The number of alkyl halides is 2. The Bertz CT molecular complexity index is 510. The number of hydrogen-bond acceptors (Lipinski definition) is 2. The highest BCUT2D eigenvalue weighted by Crippen LogP contribution is 2.19. The molecule has 0 bridgehead atoms. The molecular formula is C10H10ClF2N3. The van der Waals surface area contributed by atoms with Crippen LogP contribution in [0.4, 0.5) is 8.78 Å². The third-order valence-electron chi connectivity index (χ3n) is 2.20. The van der Waals surface area contributed by atoms with Gasteiger partial charge in [0.05, 0.1) is 23.7 Å². The largest absolute Gasteiger partial charge is 0.325 e. The van der Waals surface area contributed by atoms with Gasteiger partial charge in [0.2, 0.25) is 0 Å². The molecule has 0 amide bonds. The number of hydrogen-bond donors (Lipinski definition) is 1. The summed E-state index contributed by atoms with van der Waals surface area (Å²) >= 11 is 5.77. The molecule has 0 atom stereocenters. The molecule has 2 rings (SSSR count). The fourth-order valence-corrected chi connectivity index (χ4v) is 1.61. The van der Waals surface area contributed by atoms with Crippen LogP contribution >= 0.6 is 11.6 Å². The zero-order chi connectivity index (χ0) is 11.8. The second kappa shape index (κ2) is 3.99. The molecular weight excluding hydrogens is 236 g/mol. The van der Waals surface area contributed by atoms with Gasteiger partial charge in [0.1, 0.15) is 5.65 Å². The highest BCUT2D eigenvalue weighted by Gasteiger charge is 2.28. The molecule has 0 saturated heterocycles. The maximum Gasteiger partial charge on any atom is 0.265 e. The van der Waals surface area contributed by atoms with Crippen molar-refractivity contribution in [3.63, 3.8) is 0 Å². The molecule has 2 aromatic heterocycles. The summed E-state index contributed by atoms with van der Waals surface area (Å²) in [4.78, 5) is 4.06. The molecule has 0 spiro atoms. The Morgan fingerprint density at radius 2 is 2.12 bits per heavy atom. The lowest BCUT2D eigenvalue weighted by Crippen LogP contribution is -2.30. The highest BCUT2D eigenvalue weighted by molar-refractivity contribution is 6.30. The van der Waals surface area contributed by atoms with Crippen molar-refractivity contribution >= 4 is 17.2 Å². The van der Waals surface area contributed by atoms with Crippen LogP contribution in [0.3, 0.4) is 0 Å². The normalized spacial score (nSPS) is 12.2. The van der Waals surface area contributed by atoms with Crippen molar-refractivity contribution in [1.29, 1.82) is 0 Å². The van der Waals surface area contributed by atoms with Crippen molar-refractivity contribution in [2.45, 2.75) is 12.3 Å². The van der Waals surface area contributed by atoms with Gasteiger partial charge < -0.3 is 10.1 Å². The summed E-state index contributed by atoms with van der Waals surface area (Å²) in [5, 5.41) is 0.530. The molecule has 0 unspecified atom stereocenters. The maximum absolute atomic E-state index is 13.0. The molecule has 0 aliphatic carbocycles. The van der Waals surface area contributed by atoms with E-state index in [1.165, 1.54) is 6.20 Å². The first-order chi connectivity index (χ1) is 7.50. The van der Waals surface area contributed by atoms with E-state index in [-0.39, 0.29) is 0 Å². The van der Waals surface area contributed by atoms with Crippen LogP contribution in [0.1, 0.15) is 5.69 Å². The summed E-state index contributed by atoms with van der Waals surface area (Å²) in [6, 6.07) is 3.33. The predicted octanol–water partition coefficient (Wildman–Crippen LogP) is 2.12. The molecule has 2 heterocycles. The average molecular weight is 246 g/mol. The van der Waals surface area contributed by atoms with Crippen molar-refractivity contribution in [2.75, 3.05) is 6.54 Å². The summed E-state index contributed by atoms with van der Waals surface area (Å²) in [6.45, 7) is -0.679. The van der Waals surface area contributed by atoms with E-state index >= 15 is 0 Å². The Morgan fingerprint density at radius 3 is 2.81 bits per heavy atom. The van der Waals surface area contributed by atoms with Crippen molar-refractivity contribution in [3.05, 3.63) is 35.2 Å². The molecule has 3 nitrogen and oxygen atoms in total. The zero-order valence-electron chi connectivity index (χ0n) is 8.33. The quantitative estimate of drug-likeness (QED) is 0.900. The van der Waals surface area contributed by atoms with E-state index in [0.29, 0.717) is 16.4 Å². The van der Waals surface area contributed by atoms with Crippen LogP contribution in [0, 0.1) is 0 Å². The van der Waals surface area contributed by atoms with Gasteiger partial charge >= 0.3 is 0 Å². The van der Waals surface area contributed by atoms with Gasteiger partial charge in [0.15, 0.2) is 0 Å². The molecule has 86 valence electrons. The lowest BCUT2D eigenvalue weighted by Gasteiger charge is -2.10. The van der Waals surface area contributed by atoms with Gasteiger partial charge in [-0.2, -0.15) is 0 Å². The summed E-state index contributed by atoms with van der Waals surface area (Å²) in [6.07, 6.45) is 2.70. The summed E-state index contributed by atoms with van der Waals surface area (Å²) in [5.74, 6) is -2.91. The molecule has 0 fully saturated rings. The number of rotatable bonds is 3. The minimum atomic E-state index is -2.91. The predicted molar refractivity (Wildman–Crippen MR) is 57.9 cm³/mol. The van der Waals surface area contributed by atoms with Gasteiger partial charge in [-0.1, -0.05) is 11.6 Å². The number of nitrogens with zero attached hydrogens (tertiary/aromatic N) is 2. The van der Waals surface area contributed by atoms with Crippen molar-refractivity contribution in [2.24, 2.45) is 5.73 Å². The lowest BCUT2D eigenvalue weighted by atomic mass is 10.2. The van der Waals surface area contributed by atoms with Crippen LogP contribution in [0.2, 0.25) is 5.02 Å². The van der Waals surface area contributed by atoms with E-state index in [9.17, 15) is 8.78 Å². The van der Waals surface area contributed by atoms with Crippen molar-refractivity contribution < 1.29 is 8.78 Å². The number of aromatic nitrogens is 2. The summed E-state index contributed by atoms with van der Waals surface area (Å²) < 4.78 is 27.7. The monoisotopic (exact) mass is 245 g/mol. The van der Waals surface area contributed by atoms with Gasteiger partial charge in [-0.05, 0) is 12.1 Å². The van der Waals surface area contributed by atoms with Gasteiger partial charge in [0, 0.05) is 12.4 Å². The molecule has 6 heteroatoms. The fourth-order valence-electron chi connectivity index (χ4n) is 1.44. The average Bonchev–Trinajstić information content (AvgIpc) is 2.58. The molecule has 0 aliphatic heterocycles. The van der Waals surface area contributed by atoms with Gasteiger partial charge in [-0.25, -0.2) is 13.8 Å². The SMILES string of the molecule is NCC(F)(F)Cc1cn2cc(Cl)ccc2n1. The molecule has 2 N–H and O–H groups in total. The minimum absolute atomic E-state index is 0.303. The Kier molecular flexibility index (Phi) is 2.82. The second-order valence-electron chi connectivity index (χ2n) is 3.58. The number of fused-ring (bicyclic) bond motifs is 1. The highest BCUT2D eigenvalue weighted by atomic mass is 35.5.